The molecule has 0 aliphatic rings. The highest BCUT2D eigenvalue weighted by Crippen LogP contribution is 2.27. The zero-order valence-corrected chi connectivity index (χ0v) is 11.8. The number of hydrogen-bond donors (Lipinski definition) is 0. The zero-order chi connectivity index (χ0) is 11.8. The Hall–Kier alpha value is 0. The maximum absolute atomic E-state index is 2.44. The normalized spacial score (nSPS) is 19.6. The largest absolute Gasteiger partial charge is 0.0654 e. The van der Waals surface area contributed by atoms with Gasteiger partial charge >= 0.3 is 0 Å². The van der Waals surface area contributed by atoms with E-state index in [4.69, 9.17) is 0 Å². The smallest absolute Gasteiger partial charge is 0.0414 e. The van der Waals surface area contributed by atoms with Gasteiger partial charge in [-0.05, 0) is 36.5 Å². The fourth-order valence-electron chi connectivity index (χ4n) is 2.56. The predicted octanol–water partition coefficient (Wildman–Crippen LogP) is 5.52. The quantitative estimate of drug-likeness (QED) is 0.497. The van der Waals surface area contributed by atoms with Crippen molar-refractivity contribution in [1.82, 2.24) is 0 Å². The van der Waals surface area contributed by atoms with Crippen LogP contribution in [0.2, 0.25) is 0 Å². The molecule has 0 amide bonds. The average molecular weight is 212 g/mol. The van der Waals surface area contributed by atoms with E-state index in [2.05, 4.69) is 41.5 Å². The molecule has 0 aromatic heterocycles. The third kappa shape index (κ3) is 6.98. The molecule has 0 fully saturated rings. The lowest BCUT2D eigenvalue weighted by Crippen LogP contribution is -2.13. The van der Waals surface area contributed by atoms with E-state index < -0.39 is 0 Å². The molecule has 15 heavy (non-hydrogen) atoms. The van der Waals surface area contributed by atoms with E-state index in [9.17, 15) is 0 Å². The highest BCUT2D eigenvalue weighted by Gasteiger charge is 2.16. The Bertz CT molecular complexity index is 139. The van der Waals surface area contributed by atoms with Gasteiger partial charge in [-0.3, -0.25) is 0 Å². The number of rotatable bonds is 8. The van der Waals surface area contributed by atoms with Gasteiger partial charge in [0.1, 0.15) is 0 Å². The van der Waals surface area contributed by atoms with Crippen molar-refractivity contribution in [1.29, 1.82) is 0 Å². The number of hydrogen-bond acceptors (Lipinski definition) is 0. The molecule has 4 atom stereocenters. The third-order valence-electron chi connectivity index (χ3n) is 3.99. The maximum atomic E-state index is 2.44. The topological polar surface area (TPSA) is 0 Å². The Morgan fingerprint density at radius 3 is 1.80 bits per heavy atom. The highest BCUT2D eigenvalue weighted by atomic mass is 14.2. The fraction of sp³-hybridized carbons (Fsp3) is 1.00. The summed E-state index contributed by atoms with van der Waals surface area (Å²) in [6.45, 7) is 14.3. The van der Waals surface area contributed by atoms with E-state index in [1.165, 1.54) is 32.1 Å². The summed E-state index contributed by atoms with van der Waals surface area (Å²) in [5.41, 5.74) is 0. The molecule has 0 spiro atoms. The molecule has 0 aliphatic carbocycles. The van der Waals surface area contributed by atoms with Gasteiger partial charge < -0.3 is 0 Å². The summed E-state index contributed by atoms with van der Waals surface area (Å²) in [6.07, 6.45) is 6.91. The summed E-state index contributed by atoms with van der Waals surface area (Å²) >= 11 is 0. The molecule has 0 radical (unpaired) electrons. The summed E-state index contributed by atoms with van der Waals surface area (Å²) in [6, 6.07) is 0. The second-order valence-electron chi connectivity index (χ2n) is 5.83. The minimum Gasteiger partial charge on any atom is -0.0654 e. The average Bonchev–Trinajstić information content (AvgIpc) is 2.17. The summed E-state index contributed by atoms with van der Waals surface area (Å²) in [4.78, 5) is 0. The van der Waals surface area contributed by atoms with E-state index in [0.29, 0.717) is 0 Å². The third-order valence-corrected chi connectivity index (χ3v) is 3.99. The lowest BCUT2D eigenvalue weighted by molar-refractivity contribution is 0.271. The lowest BCUT2D eigenvalue weighted by Gasteiger charge is -2.24. The molecular weight excluding hydrogens is 180 g/mol. The zero-order valence-electron chi connectivity index (χ0n) is 11.8. The molecule has 0 aromatic rings. The van der Waals surface area contributed by atoms with Crippen LogP contribution in [0.3, 0.4) is 0 Å². The van der Waals surface area contributed by atoms with Crippen molar-refractivity contribution in [3.63, 3.8) is 0 Å². The van der Waals surface area contributed by atoms with E-state index >= 15 is 0 Å². The minimum absolute atomic E-state index is 0.906. The first-order valence-corrected chi connectivity index (χ1v) is 7.01. The van der Waals surface area contributed by atoms with Crippen LogP contribution in [-0.2, 0) is 0 Å². The van der Waals surface area contributed by atoms with Gasteiger partial charge in [-0.1, -0.05) is 60.8 Å². The van der Waals surface area contributed by atoms with Crippen molar-refractivity contribution >= 4 is 0 Å². The second kappa shape index (κ2) is 8.19. The van der Waals surface area contributed by atoms with Gasteiger partial charge in [-0.25, -0.2) is 0 Å². The van der Waals surface area contributed by atoms with Crippen molar-refractivity contribution < 1.29 is 0 Å². The van der Waals surface area contributed by atoms with Crippen LogP contribution < -0.4 is 0 Å². The summed E-state index contributed by atoms with van der Waals surface area (Å²) in [5.74, 6) is 3.64. The van der Waals surface area contributed by atoms with Crippen LogP contribution in [0.15, 0.2) is 0 Å². The van der Waals surface area contributed by atoms with Crippen molar-refractivity contribution in [3.05, 3.63) is 0 Å². The van der Waals surface area contributed by atoms with Gasteiger partial charge in [0.25, 0.3) is 0 Å². The van der Waals surface area contributed by atoms with E-state index in [1.54, 1.807) is 0 Å². The second-order valence-corrected chi connectivity index (χ2v) is 5.83. The molecule has 0 aromatic carbocycles. The van der Waals surface area contributed by atoms with Gasteiger partial charge in [-0.2, -0.15) is 0 Å². The monoisotopic (exact) mass is 212 g/mol. The Morgan fingerprint density at radius 2 is 1.33 bits per heavy atom. The SMILES string of the molecule is CCCC(C)C(C)CC(C)CC(C)CC. The van der Waals surface area contributed by atoms with Gasteiger partial charge in [0.2, 0.25) is 0 Å². The van der Waals surface area contributed by atoms with Gasteiger partial charge in [0.15, 0.2) is 0 Å². The Labute approximate surface area is 97.8 Å². The van der Waals surface area contributed by atoms with E-state index in [-0.39, 0.29) is 0 Å². The maximum Gasteiger partial charge on any atom is -0.0414 e. The predicted molar refractivity (Wildman–Crippen MR) is 71.1 cm³/mol. The molecule has 0 heterocycles. The van der Waals surface area contributed by atoms with Gasteiger partial charge in [0, 0.05) is 0 Å². The van der Waals surface area contributed by atoms with Crippen LogP contribution in [0.1, 0.15) is 73.6 Å². The van der Waals surface area contributed by atoms with Crippen molar-refractivity contribution in [2.45, 2.75) is 73.6 Å². The minimum atomic E-state index is 0.906. The molecule has 92 valence electrons. The molecule has 0 saturated heterocycles. The standard InChI is InChI=1S/C15H32/c1-7-9-14(5)15(6)11-13(4)10-12(3)8-2/h12-15H,7-11H2,1-6H3. The Morgan fingerprint density at radius 1 is 0.733 bits per heavy atom. The van der Waals surface area contributed by atoms with Crippen molar-refractivity contribution in [2.75, 3.05) is 0 Å². The van der Waals surface area contributed by atoms with Crippen LogP contribution >= 0.6 is 0 Å². The first-order chi connectivity index (χ1) is 7.01. The molecular formula is C15H32. The Kier molecular flexibility index (Phi) is 8.19. The molecule has 0 nitrogen and oxygen atoms in total. The summed E-state index contributed by atoms with van der Waals surface area (Å²) in [7, 11) is 0. The van der Waals surface area contributed by atoms with E-state index in [1.807, 2.05) is 0 Å². The molecule has 4 unspecified atom stereocenters. The molecule has 0 aliphatic heterocycles. The van der Waals surface area contributed by atoms with Crippen molar-refractivity contribution in [3.8, 4) is 0 Å². The van der Waals surface area contributed by atoms with Crippen LogP contribution in [0.4, 0.5) is 0 Å². The fourth-order valence-corrected chi connectivity index (χ4v) is 2.56. The van der Waals surface area contributed by atoms with E-state index in [0.717, 1.165) is 23.7 Å². The molecule has 0 rings (SSSR count). The van der Waals surface area contributed by atoms with Gasteiger partial charge in [-0.15, -0.1) is 0 Å². The van der Waals surface area contributed by atoms with Crippen LogP contribution in [0, 0.1) is 23.7 Å². The first-order valence-electron chi connectivity index (χ1n) is 7.01. The van der Waals surface area contributed by atoms with Crippen LogP contribution in [0.5, 0.6) is 0 Å². The van der Waals surface area contributed by atoms with Crippen LogP contribution in [-0.4, -0.2) is 0 Å². The first kappa shape index (κ1) is 15.0. The van der Waals surface area contributed by atoms with Crippen molar-refractivity contribution in [2.24, 2.45) is 23.7 Å². The molecule has 0 saturated carbocycles. The Balaban J connectivity index is 3.79. The summed E-state index contributed by atoms with van der Waals surface area (Å²) in [5, 5.41) is 0. The van der Waals surface area contributed by atoms with Gasteiger partial charge in [0.05, 0.1) is 0 Å². The summed E-state index contributed by atoms with van der Waals surface area (Å²) < 4.78 is 0. The molecule has 0 bridgehead atoms. The lowest BCUT2D eigenvalue weighted by atomic mass is 9.82. The molecule has 0 heteroatoms. The molecule has 0 N–H and O–H groups in total. The highest BCUT2D eigenvalue weighted by molar-refractivity contribution is 4.67. The van der Waals surface area contributed by atoms with Crippen LogP contribution in [0.25, 0.3) is 0 Å².